The van der Waals surface area contributed by atoms with Crippen LogP contribution in [0.4, 0.5) is 13.2 Å². The fourth-order valence-electron chi connectivity index (χ4n) is 2.54. The van der Waals surface area contributed by atoms with Crippen LogP contribution in [-0.4, -0.2) is 29.6 Å². The van der Waals surface area contributed by atoms with E-state index in [-0.39, 0.29) is 0 Å². The lowest BCUT2D eigenvalue weighted by Gasteiger charge is -2.20. The van der Waals surface area contributed by atoms with Crippen molar-refractivity contribution < 1.29 is 18.0 Å². The molecule has 0 saturated carbocycles. The zero-order valence-electron chi connectivity index (χ0n) is 12.1. The van der Waals surface area contributed by atoms with Crippen LogP contribution >= 0.6 is 23.1 Å². The van der Waals surface area contributed by atoms with Crippen LogP contribution in [0.25, 0.3) is 0 Å². The summed E-state index contributed by atoms with van der Waals surface area (Å²) in [5.41, 5.74) is -0.413. The Morgan fingerprint density at radius 3 is 2.70 bits per heavy atom. The van der Waals surface area contributed by atoms with Crippen LogP contribution in [-0.2, 0) is 0 Å². The highest BCUT2D eigenvalue weighted by Gasteiger charge is 2.26. The summed E-state index contributed by atoms with van der Waals surface area (Å²) in [5.74, 6) is -4.17. The highest BCUT2D eigenvalue weighted by Crippen LogP contribution is 2.37. The van der Waals surface area contributed by atoms with Crippen LogP contribution < -0.4 is 0 Å². The first-order valence-corrected chi connectivity index (χ1v) is 9.08. The van der Waals surface area contributed by atoms with E-state index in [1.165, 1.54) is 9.78 Å². The van der Waals surface area contributed by atoms with Crippen LogP contribution in [0.2, 0.25) is 0 Å². The molecule has 1 aliphatic heterocycles. The Morgan fingerprint density at radius 1 is 1.13 bits per heavy atom. The van der Waals surface area contributed by atoms with Crippen LogP contribution in [0.3, 0.4) is 0 Å². The van der Waals surface area contributed by atoms with Crippen LogP contribution in [0.1, 0.15) is 26.9 Å². The lowest BCUT2D eigenvalue weighted by Crippen LogP contribution is -2.33. The maximum atomic E-state index is 13.8. The average molecular weight is 357 g/mol. The highest BCUT2D eigenvalue weighted by atomic mass is 32.2. The Morgan fingerprint density at radius 2 is 1.96 bits per heavy atom. The Labute approximate surface area is 140 Å². The molecule has 122 valence electrons. The number of halogens is 3. The molecule has 1 amide bonds. The van der Waals surface area contributed by atoms with Gasteiger partial charge in [-0.05, 0) is 30.0 Å². The van der Waals surface area contributed by atoms with E-state index in [0.29, 0.717) is 18.3 Å². The smallest absolute Gasteiger partial charge is 0.256 e. The molecule has 1 unspecified atom stereocenters. The molecular formula is C16H14F3NOS2. The lowest BCUT2D eigenvalue weighted by molar-refractivity contribution is 0.0760. The minimum Gasteiger partial charge on any atom is -0.338 e. The van der Waals surface area contributed by atoms with Crippen LogP contribution in [0, 0.1) is 17.5 Å². The van der Waals surface area contributed by atoms with Crippen molar-refractivity contribution in [2.45, 2.75) is 11.7 Å². The molecule has 23 heavy (non-hydrogen) atoms. The Kier molecular flexibility index (Phi) is 4.96. The molecule has 0 radical (unpaired) electrons. The molecule has 3 rings (SSSR count). The molecule has 1 aromatic carbocycles. The Bertz CT molecular complexity index is 706. The summed E-state index contributed by atoms with van der Waals surface area (Å²) in [6.07, 6.45) is 0.752. The third-order valence-corrected chi connectivity index (χ3v) is 6.20. The first-order chi connectivity index (χ1) is 11.1. The second-order valence-electron chi connectivity index (χ2n) is 5.18. The minimum absolute atomic E-state index is 0.308. The molecule has 0 N–H and O–H groups in total. The van der Waals surface area contributed by atoms with E-state index in [1.54, 1.807) is 23.1 Å². The molecule has 2 nitrogen and oxygen atoms in total. The van der Waals surface area contributed by atoms with Crippen molar-refractivity contribution >= 4 is 29.0 Å². The van der Waals surface area contributed by atoms with Gasteiger partial charge < -0.3 is 4.90 Å². The zero-order chi connectivity index (χ0) is 16.4. The van der Waals surface area contributed by atoms with Gasteiger partial charge in [0, 0.05) is 29.0 Å². The van der Waals surface area contributed by atoms with Gasteiger partial charge in [0.2, 0.25) is 0 Å². The molecule has 0 bridgehead atoms. The molecule has 1 saturated heterocycles. The Balaban J connectivity index is 1.75. The number of hydrogen-bond acceptors (Lipinski definition) is 3. The zero-order valence-corrected chi connectivity index (χ0v) is 13.7. The topological polar surface area (TPSA) is 20.3 Å². The lowest BCUT2D eigenvalue weighted by atomic mass is 10.1. The van der Waals surface area contributed by atoms with Crippen LogP contribution in [0.15, 0.2) is 29.6 Å². The number of amides is 1. The maximum absolute atomic E-state index is 13.8. The summed E-state index contributed by atoms with van der Waals surface area (Å²) in [6, 6.07) is 5.84. The third kappa shape index (κ3) is 3.40. The van der Waals surface area contributed by atoms with Crippen molar-refractivity contribution in [3.05, 3.63) is 57.5 Å². The van der Waals surface area contributed by atoms with Gasteiger partial charge in [0.15, 0.2) is 17.5 Å². The van der Waals surface area contributed by atoms with Gasteiger partial charge in [-0.3, -0.25) is 4.79 Å². The molecule has 1 fully saturated rings. The van der Waals surface area contributed by atoms with Gasteiger partial charge in [-0.1, -0.05) is 6.07 Å². The first-order valence-electron chi connectivity index (χ1n) is 7.15. The van der Waals surface area contributed by atoms with E-state index in [1.807, 2.05) is 11.4 Å². The van der Waals surface area contributed by atoms with Gasteiger partial charge >= 0.3 is 0 Å². The third-order valence-electron chi connectivity index (χ3n) is 3.75. The minimum atomic E-state index is -1.60. The molecule has 2 aromatic rings. The predicted octanol–water partition coefficient (Wildman–Crippen LogP) is 4.49. The summed E-state index contributed by atoms with van der Waals surface area (Å²) in [7, 11) is 0. The van der Waals surface area contributed by atoms with Crippen molar-refractivity contribution in [3.8, 4) is 0 Å². The van der Waals surface area contributed by atoms with E-state index < -0.39 is 28.9 Å². The molecule has 0 aliphatic carbocycles. The fraction of sp³-hybridized carbons (Fsp3) is 0.312. The number of nitrogens with zero attached hydrogens (tertiary/aromatic N) is 1. The van der Waals surface area contributed by atoms with Crippen molar-refractivity contribution in [1.82, 2.24) is 4.90 Å². The van der Waals surface area contributed by atoms with Crippen molar-refractivity contribution in [2.24, 2.45) is 0 Å². The largest absolute Gasteiger partial charge is 0.338 e. The molecule has 2 heterocycles. The van der Waals surface area contributed by atoms with E-state index in [4.69, 9.17) is 0 Å². The maximum Gasteiger partial charge on any atom is 0.256 e. The molecular weight excluding hydrogens is 343 g/mol. The SMILES string of the molecule is O=C(c1ccc(F)c(F)c1F)N1CCSC(c2cccs2)CC1. The second kappa shape index (κ2) is 6.97. The van der Waals surface area contributed by atoms with Crippen molar-refractivity contribution in [1.29, 1.82) is 0 Å². The number of rotatable bonds is 2. The van der Waals surface area contributed by atoms with Gasteiger partial charge in [-0.15, -0.1) is 11.3 Å². The van der Waals surface area contributed by atoms with Crippen molar-refractivity contribution in [3.63, 3.8) is 0 Å². The number of carbonyl (C=O) groups is 1. The van der Waals surface area contributed by atoms with Crippen LogP contribution in [0.5, 0.6) is 0 Å². The second-order valence-corrected chi connectivity index (χ2v) is 7.47. The predicted molar refractivity (Wildman–Crippen MR) is 86.4 cm³/mol. The fourth-order valence-corrected chi connectivity index (χ4v) is 4.77. The Hall–Kier alpha value is -1.47. The molecule has 1 aromatic heterocycles. The number of thioether (sulfide) groups is 1. The normalized spacial score (nSPS) is 18.7. The number of carbonyl (C=O) groups excluding carboxylic acids is 1. The number of benzene rings is 1. The first kappa shape index (κ1) is 16.4. The van der Waals surface area contributed by atoms with E-state index in [2.05, 4.69) is 6.07 Å². The van der Waals surface area contributed by atoms with Gasteiger partial charge in [0.05, 0.1) is 5.56 Å². The summed E-state index contributed by atoms with van der Waals surface area (Å²) in [5, 5.41) is 2.32. The quantitative estimate of drug-likeness (QED) is 0.739. The van der Waals surface area contributed by atoms with Gasteiger partial charge in [0.1, 0.15) is 0 Å². The standard InChI is InChI=1S/C16H14F3NOS2/c17-11-4-3-10(14(18)15(11)19)16(21)20-6-5-13(23-9-7-20)12-2-1-8-22-12/h1-4,8,13H,5-7,9H2. The van der Waals surface area contributed by atoms with Gasteiger partial charge in [-0.2, -0.15) is 11.8 Å². The van der Waals surface area contributed by atoms with Gasteiger partial charge in [-0.25, -0.2) is 13.2 Å². The van der Waals surface area contributed by atoms with Gasteiger partial charge in [0.25, 0.3) is 5.91 Å². The average Bonchev–Trinajstić information content (AvgIpc) is 2.97. The summed E-state index contributed by atoms with van der Waals surface area (Å²) >= 11 is 3.43. The number of hydrogen-bond donors (Lipinski definition) is 0. The molecule has 7 heteroatoms. The molecule has 1 aliphatic rings. The summed E-state index contributed by atoms with van der Waals surface area (Å²) in [4.78, 5) is 15.2. The van der Waals surface area contributed by atoms with E-state index >= 15 is 0 Å². The molecule has 0 spiro atoms. The summed E-state index contributed by atoms with van der Waals surface area (Å²) in [6.45, 7) is 0.927. The molecule has 1 atom stereocenters. The monoisotopic (exact) mass is 357 g/mol. The number of thiophene rings is 1. The highest BCUT2D eigenvalue weighted by molar-refractivity contribution is 7.99. The van der Waals surface area contributed by atoms with E-state index in [0.717, 1.165) is 24.3 Å². The van der Waals surface area contributed by atoms with Crippen molar-refractivity contribution in [2.75, 3.05) is 18.8 Å². The van der Waals surface area contributed by atoms with E-state index in [9.17, 15) is 18.0 Å². The summed E-state index contributed by atoms with van der Waals surface area (Å²) < 4.78 is 40.1.